The Labute approximate surface area is 146 Å². The lowest BCUT2D eigenvalue weighted by molar-refractivity contribution is -0.118. The van der Waals surface area contributed by atoms with E-state index in [4.69, 9.17) is 21.1 Å². The Bertz CT molecular complexity index is 719. The van der Waals surface area contributed by atoms with Crippen LogP contribution in [0.2, 0.25) is 5.02 Å². The van der Waals surface area contributed by atoms with Crippen LogP contribution in [0.5, 0.6) is 11.5 Å². The van der Waals surface area contributed by atoms with Gasteiger partial charge in [-0.15, -0.1) is 0 Å². The van der Waals surface area contributed by atoms with Gasteiger partial charge in [0.2, 0.25) is 0 Å². The van der Waals surface area contributed by atoms with E-state index in [2.05, 4.69) is 21.2 Å². The fourth-order valence-corrected chi connectivity index (χ4v) is 2.33. The van der Waals surface area contributed by atoms with Gasteiger partial charge in [-0.1, -0.05) is 11.6 Å². The molecule has 5 nitrogen and oxygen atoms in total. The molecule has 23 heavy (non-hydrogen) atoms. The zero-order valence-corrected chi connectivity index (χ0v) is 14.5. The molecule has 0 heterocycles. The van der Waals surface area contributed by atoms with Crippen molar-refractivity contribution in [1.29, 1.82) is 0 Å². The van der Waals surface area contributed by atoms with E-state index in [1.807, 2.05) is 0 Å². The maximum Gasteiger partial charge on any atom is 0.262 e. The highest BCUT2D eigenvalue weighted by Crippen LogP contribution is 2.32. The van der Waals surface area contributed by atoms with E-state index in [1.165, 1.54) is 13.2 Å². The fourth-order valence-electron chi connectivity index (χ4n) is 1.79. The van der Waals surface area contributed by atoms with Gasteiger partial charge in [-0.2, -0.15) is 0 Å². The second-order valence-electron chi connectivity index (χ2n) is 4.49. The maximum absolute atomic E-state index is 11.9. The summed E-state index contributed by atoms with van der Waals surface area (Å²) in [5, 5.41) is 3.26. The first-order valence-electron chi connectivity index (χ1n) is 6.54. The summed E-state index contributed by atoms with van der Waals surface area (Å²) in [7, 11) is 1.48. The molecule has 1 amide bonds. The van der Waals surface area contributed by atoms with Crippen molar-refractivity contribution in [3.05, 3.63) is 51.5 Å². The second-order valence-corrected chi connectivity index (χ2v) is 5.78. The number of rotatable bonds is 6. The number of aldehydes is 1. The molecule has 0 saturated carbocycles. The summed E-state index contributed by atoms with van der Waals surface area (Å²) in [5.74, 6) is 0.385. The monoisotopic (exact) mass is 397 g/mol. The SMILES string of the molecule is COc1cc(Br)c(C=O)cc1OCC(=O)Nc1ccc(Cl)cc1. The van der Waals surface area contributed by atoms with Crippen LogP contribution in [-0.2, 0) is 4.79 Å². The number of carbonyl (C=O) groups excluding carboxylic acids is 2. The van der Waals surface area contributed by atoms with Gasteiger partial charge >= 0.3 is 0 Å². The van der Waals surface area contributed by atoms with Gasteiger partial charge in [-0.3, -0.25) is 9.59 Å². The average Bonchev–Trinajstić information content (AvgIpc) is 2.55. The molecule has 0 aromatic heterocycles. The van der Waals surface area contributed by atoms with E-state index in [1.54, 1.807) is 30.3 Å². The van der Waals surface area contributed by atoms with Crippen LogP contribution in [-0.4, -0.2) is 25.9 Å². The first-order chi connectivity index (χ1) is 11.0. The van der Waals surface area contributed by atoms with Gasteiger partial charge in [-0.05, 0) is 52.3 Å². The molecule has 0 aliphatic heterocycles. The third-order valence-corrected chi connectivity index (χ3v) is 3.84. The molecule has 7 heteroatoms. The lowest BCUT2D eigenvalue weighted by Crippen LogP contribution is -2.20. The third kappa shape index (κ3) is 4.71. The van der Waals surface area contributed by atoms with Gasteiger partial charge in [0.25, 0.3) is 5.91 Å². The molecule has 0 spiro atoms. The van der Waals surface area contributed by atoms with E-state index in [0.29, 0.717) is 38.5 Å². The average molecular weight is 399 g/mol. The van der Waals surface area contributed by atoms with Crippen LogP contribution in [0.3, 0.4) is 0 Å². The number of nitrogens with one attached hydrogen (secondary N) is 1. The summed E-state index contributed by atoms with van der Waals surface area (Å²) in [6.07, 6.45) is 0.685. The number of benzene rings is 2. The second kappa shape index (κ2) is 7.99. The van der Waals surface area contributed by atoms with Gasteiger partial charge in [0, 0.05) is 20.7 Å². The summed E-state index contributed by atoms with van der Waals surface area (Å²) in [6.45, 7) is -0.223. The van der Waals surface area contributed by atoms with Crippen molar-refractivity contribution in [2.75, 3.05) is 19.0 Å². The molecule has 0 bridgehead atoms. The third-order valence-electron chi connectivity index (χ3n) is 2.90. The smallest absolute Gasteiger partial charge is 0.262 e. The van der Waals surface area contributed by atoms with Crippen LogP contribution in [0.15, 0.2) is 40.9 Å². The summed E-state index contributed by atoms with van der Waals surface area (Å²) >= 11 is 9.04. The molecule has 2 aromatic carbocycles. The number of anilines is 1. The normalized spacial score (nSPS) is 10.0. The number of hydrogen-bond donors (Lipinski definition) is 1. The molecule has 2 aromatic rings. The quantitative estimate of drug-likeness (QED) is 0.749. The van der Waals surface area contributed by atoms with Crippen LogP contribution in [0.4, 0.5) is 5.69 Å². The minimum atomic E-state index is -0.343. The highest BCUT2D eigenvalue weighted by molar-refractivity contribution is 9.10. The lowest BCUT2D eigenvalue weighted by Gasteiger charge is -2.12. The van der Waals surface area contributed by atoms with Gasteiger partial charge in [0.1, 0.15) is 0 Å². The van der Waals surface area contributed by atoms with Crippen LogP contribution in [0, 0.1) is 0 Å². The number of amides is 1. The minimum Gasteiger partial charge on any atom is -0.493 e. The molecular formula is C16H13BrClNO4. The molecule has 2 rings (SSSR count). The molecule has 0 unspecified atom stereocenters. The number of halogens is 2. The van der Waals surface area contributed by atoms with Crippen molar-refractivity contribution >= 4 is 45.4 Å². The zero-order chi connectivity index (χ0) is 16.8. The molecule has 0 radical (unpaired) electrons. The van der Waals surface area contributed by atoms with Gasteiger partial charge in [0.15, 0.2) is 24.4 Å². The first kappa shape index (κ1) is 17.3. The Morgan fingerprint density at radius 2 is 1.96 bits per heavy atom. The van der Waals surface area contributed by atoms with Crippen LogP contribution >= 0.6 is 27.5 Å². The summed E-state index contributed by atoms with van der Waals surface area (Å²) in [5.41, 5.74) is 1.01. The molecule has 0 fully saturated rings. The van der Waals surface area contributed by atoms with Crippen LogP contribution < -0.4 is 14.8 Å². The lowest BCUT2D eigenvalue weighted by atomic mass is 10.2. The number of ether oxygens (including phenoxy) is 2. The van der Waals surface area contributed by atoms with E-state index < -0.39 is 0 Å². The van der Waals surface area contributed by atoms with Gasteiger partial charge in [0.05, 0.1) is 7.11 Å². The molecular weight excluding hydrogens is 386 g/mol. The maximum atomic E-state index is 11.9. The molecule has 0 aliphatic carbocycles. The fraction of sp³-hybridized carbons (Fsp3) is 0.125. The van der Waals surface area contributed by atoms with Crippen LogP contribution in [0.25, 0.3) is 0 Å². The Hall–Kier alpha value is -2.05. The topological polar surface area (TPSA) is 64.6 Å². The van der Waals surface area contributed by atoms with E-state index in [-0.39, 0.29) is 12.5 Å². The Morgan fingerprint density at radius 3 is 2.57 bits per heavy atom. The predicted octanol–water partition coefficient (Wildman–Crippen LogP) is 3.94. The highest BCUT2D eigenvalue weighted by atomic mass is 79.9. The Kier molecular flexibility index (Phi) is 6.01. The van der Waals surface area contributed by atoms with Crippen molar-refractivity contribution in [3.8, 4) is 11.5 Å². The van der Waals surface area contributed by atoms with Crippen molar-refractivity contribution in [2.24, 2.45) is 0 Å². The van der Waals surface area contributed by atoms with Crippen molar-refractivity contribution < 1.29 is 19.1 Å². The summed E-state index contributed by atoms with van der Waals surface area (Å²) in [4.78, 5) is 22.9. The molecule has 120 valence electrons. The van der Waals surface area contributed by atoms with Crippen molar-refractivity contribution in [1.82, 2.24) is 0 Å². The van der Waals surface area contributed by atoms with Gasteiger partial charge < -0.3 is 14.8 Å². The summed E-state index contributed by atoms with van der Waals surface area (Å²) in [6, 6.07) is 9.83. The molecule has 1 N–H and O–H groups in total. The summed E-state index contributed by atoms with van der Waals surface area (Å²) < 4.78 is 11.2. The Morgan fingerprint density at radius 1 is 1.26 bits per heavy atom. The largest absolute Gasteiger partial charge is 0.493 e. The molecule has 0 saturated heterocycles. The number of hydrogen-bond acceptors (Lipinski definition) is 4. The van der Waals surface area contributed by atoms with Crippen LogP contribution in [0.1, 0.15) is 10.4 Å². The van der Waals surface area contributed by atoms with Crippen molar-refractivity contribution in [2.45, 2.75) is 0 Å². The molecule has 0 atom stereocenters. The number of methoxy groups -OCH3 is 1. The Balaban J connectivity index is 2.03. The zero-order valence-electron chi connectivity index (χ0n) is 12.1. The van der Waals surface area contributed by atoms with E-state index in [9.17, 15) is 9.59 Å². The minimum absolute atomic E-state index is 0.223. The number of carbonyl (C=O) groups is 2. The standard InChI is InChI=1S/C16H13BrClNO4/c1-22-14-7-13(17)10(8-20)6-15(14)23-9-16(21)19-12-4-2-11(18)3-5-12/h2-8H,9H2,1H3,(H,19,21). The van der Waals surface area contributed by atoms with Gasteiger partial charge in [-0.25, -0.2) is 0 Å². The molecule has 0 aliphatic rings. The van der Waals surface area contributed by atoms with E-state index >= 15 is 0 Å². The predicted molar refractivity (Wildman–Crippen MR) is 91.7 cm³/mol. The van der Waals surface area contributed by atoms with Crippen molar-refractivity contribution in [3.63, 3.8) is 0 Å². The van der Waals surface area contributed by atoms with E-state index in [0.717, 1.165) is 0 Å². The highest BCUT2D eigenvalue weighted by Gasteiger charge is 2.12. The first-order valence-corrected chi connectivity index (χ1v) is 7.71.